The summed E-state index contributed by atoms with van der Waals surface area (Å²) in [6.07, 6.45) is -2.39. The van der Waals surface area contributed by atoms with E-state index < -0.39 is 29.6 Å². The highest BCUT2D eigenvalue weighted by atomic mass is 19.4. The zero-order valence-electron chi connectivity index (χ0n) is 11.1. The molecule has 2 amide bonds. The number of nitrogens with two attached hydrogens (primary N) is 1. The highest BCUT2D eigenvalue weighted by Gasteiger charge is 2.33. The Labute approximate surface area is 118 Å². The summed E-state index contributed by atoms with van der Waals surface area (Å²) in [4.78, 5) is 28.0. The molecule has 2 heterocycles. The number of likely N-dealkylation sites (tertiary alicyclic amines) is 1. The highest BCUT2D eigenvalue weighted by Crippen LogP contribution is 2.27. The quantitative estimate of drug-likeness (QED) is 0.898. The van der Waals surface area contributed by atoms with E-state index >= 15 is 0 Å². The topological polar surface area (TPSA) is 76.3 Å². The van der Waals surface area contributed by atoms with Gasteiger partial charge in [0.2, 0.25) is 5.91 Å². The number of hydrogen-bond acceptors (Lipinski definition) is 3. The molecule has 1 saturated heterocycles. The minimum absolute atomic E-state index is 0.0631. The predicted molar refractivity (Wildman–Crippen MR) is 67.1 cm³/mol. The number of rotatable bonds is 2. The third-order valence-corrected chi connectivity index (χ3v) is 3.41. The Morgan fingerprint density at radius 3 is 2.57 bits per heavy atom. The van der Waals surface area contributed by atoms with Crippen molar-refractivity contribution in [2.24, 2.45) is 11.7 Å². The normalized spacial score (nSPS) is 19.4. The fourth-order valence-electron chi connectivity index (χ4n) is 2.26. The van der Waals surface area contributed by atoms with Gasteiger partial charge in [-0.05, 0) is 25.0 Å². The number of hydrogen-bond donors (Lipinski definition) is 1. The van der Waals surface area contributed by atoms with E-state index in [1.807, 2.05) is 0 Å². The van der Waals surface area contributed by atoms with Crippen molar-refractivity contribution in [2.45, 2.75) is 19.0 Å². The molecule has 2 rings (SSSR count). The van der Waals surface area contributed by atoms with Gasteiger partial charge in [0, 0.05) is 19.3 Å². The average Bonchev–Trinajstić information content (AvgIpc) is 2.46. The third-order valence-electron chi connectivity index (χ3n) is 3.41. The van der Waals surface area contributed by atoms with Gasteiger partial charge in [0.25, 0.3) is 5.91 Å². The summed E-state index contributed by atoms with van der Waals surface area (Å²) in [5, 5.41) is 0. The Balaban J connectivity index is 2.11. The number of pyridine rings is 1. The molecule has 0 aromatic carbocycles. The van der Waals surface area contributed by atoms with Crippen LogP contribution in [0, 0.1) is 5.92 Å². The fraction of sp³-hybridized carbons (Fsp3) is 0.462. The average molecular weight is 301 g/mol. The van der Waals surface area contributed by atoms with Crippen LogP contribution in [0.3, 0.4) is 0 Å². The molecule has 1 atom stereocenters. The van der Waals surface area contributed by atoms with E-state index in [1.165, 1.54) is 4.90 Å². The predicted octanol–water partition coefficient (Wildman–Crippen LogP) is 1.44. The monoisotopic (exact) mass is 301 g/mol. The van der Waals surface area contributed by atoms with Crippen molar-refractivity contribution in [2.75, 3.05) is 13.1 Å². The summed E-state index contributed by atoms with van der Waals surface area (Å²) in [5.74, 6) is -1.33. The molecule has 0 aliphatic carbocycles. The maximum Gasteiger partial charge on any atom is 0.433 e. The van der Waals surface area contributed by atoms with E-state index in [0.717, 1.165) is 18.3 Å². The van der Waals surface area contributed by atoms with Crippen molar-refractivity contribution in [3.63, 3.8) is 0 Å². The molecular formula is C13H14F3N3O2. The highest BCUT2D eigenvalue weighted by molar-refractivity contribution is 5.94. The van der Waals surface area contributed by atoms with Crippen molar-refractivity contribution in [1.82, 2.24) is 9.88 Å². The largest absolute Gasteiger partial charge is 0.433 e. The first-order valence-corrected chi connectivity index (χ1v) is 6.41. The first-order valence-electron chi connectivity index (χ1n) is 6.41. The number of carbonyl (C=O) groups excluding carboxylic acids is 2. The molecule has 1 aromatic rings. The molecular weight excluding hydrogens is 287 g/mol. The van der Waals surface area contributed by atoms with Gasteiger partial charge in [-0.1, -0.05) is 0 Å². The van der Waals surface area contributed by atoms with Crippen LogP contribution in [-0.2, 0) is 11.0 Å². The lowest BCUT2D eigenvalue weighted by Crippen LogP contribution is -2.44. The van der Waals surface area contributed by atoms with Crippen LogP contribution < -0.4 is 5.73 Å². The molecule has 0 unspecified atom stereocenters. The van der Waals surface area contributed by atoms with E-state index in [-0.39, 0.29) is 12.1 Å². The van der Waals surface area contributed by atoms with Gasteiger partial charge in [-0.3, -0.25) is 14.6 Å². The van der Waals surface area contributed by atoms with Gasteiger partial charge in [-0.25, -0.2) is 0 Å². The first-order chi connectivity index (χ1) is 9.79. The van der Waals surface area contributed by atoms with E-state index in [9.17, 15) is 22.8 Å². The number of aromatic nitrogens is 1. The Bertz CT molecular complexity index is 543. The Kier molecular flexibility index (Phi) is 4.15. The number of alkyl halides is 3. The summed E-state index contributed by atoms with van der Waals surface area (Å²) in [7, 11) is 0. The second-order valence-electron chi connectivity index (χ2n) is 4.92. The molecule has 0 bridgehead atoms. The van der Waals surface area contributed by atoms with Gasteiger partial charge >= 0.3 is 6.18 Å². The molecule has 1 aromatic heterocycles. The lowest BCUT2D eigenvalue weighted by atomic mass is 9.97. The van der Waals surface area contributed by atoms with Gasteiger partial charge in [0.15, 0.2) is 0 Å². The summed E-state index contributed by atoms with van der Waals surface area (Å²) in [5.41, 5.74) is 4.24. The summed E-state index contributed by atoms with van der Waals surface area (Å²) in [6.45, 7) is 0.638. The van der Waals surface area contributed by atoms with Crippen LogP contribution in [0.5, 0.6) is 0 Å². The molecule has 114 valence electrons. The smallest absolute Gasteiger partial charge is 0.369 e. The van der Waals surface area contributed by atoms with Gasteiger partial charge < -0.3 is 10.6 Å². The molecule has 5 nitrogen and oxygen atoms in total. The minimum atomic E-state index is -4.54. The van der Waals surface area contributed by atoms with Crippen molar-refractivity contribution in [1.29, 1.82) is 0 Å². The van der Waals surface area contributed by atoms with Crippen LogP contribution in [0.1, 0.15) is 28.9 Å². The Morgan fingerprint density at radius 2 is 2.05 bits per heavy atom. The van der Waals surface area contributed by atoms with Gasteiger partial charge in [-0.15, -0.1) is 0 Å². The number of amides is 2. The van der Waals surface area contributed by atoms with Crippen molar-refractivity contribution < 1.29 is 22.8 Å². The third kappa shape index (κ3) is 3.50. The van der Waals surface area contributed by atoms with Crippen molar-refractivity contribution >= 4 is 11.8 Å². The SMILES string of the molecule is NC(=O)[C@H]1CCCN(C(=O)c2ccc(C(F)(F)F)nc2)C1. The summed E-state index contributed by atoms with van der Waals surface area (Å²) < 4.78 is 37.2. The number of nitrogens with zero attached hydrogens (tertiary/aromatic N) is 2. The second kappa shape index (κ2) is 5.71. The molecule has 0 radical (unpaired) electrons. The molecule has 21 heavy (non-hydrogen) atoms. The molecule has 8 heteroatoms. The van der Waals surface area contributed by atoms with Crippen LogP contribution in [0.4, 0.5) is 13.2 Å². The maximum atomic E-state index is 12.4. The zero-order chi connectivity index (χ0) is 15.6. The van der Waals surface area contributed by atoms with Crippen molar-refractivity contribution in [3.05, 3.63) is 29.6 Å². The van der Waals surface area contributed by atoms with Crippen molar-refractivity contribution in [3.8, 4) is 0 Å². The van der Waals surface area contributed by atoms with Crippen LogP contribution >= 0.6 is 0 Å². The Hall–Kier alpha value is -2.12. The number of halogens is 3. The number of piperidine rings is 1. The van der Waals surface area contributed by atoms with Crippen LogP contribution in [0.25, 0.3) is 0 Å². The van der Waals surface area contributed by atoms with E-state index in [2.05, 4.69) is 4.98 Å². The molecule has 0 spiro atoms. The standard InChI is InChI=1S/C13H14F3N3O2/c14-13(15,16)10-4-3-8(6-18-10)12(21)19-5-1-2-9(7-19)11(17)20/h3-4,6,9H,1-2,5,7H2,(H2,17,20)/t9-/m0/s1. The number of carbonyl (C=O) groups is 2. The zero-order valence-corrected chi connectivity index (χ0v) is 11.1. The molecule has 1 aliphatic rings. The number of primary amides is 1. The van der Waals surface area contributed by atoms with Gasteiger partial charge in [0.1, 0.15) is 5.69 Å². The summed E-state index contributed by atoms with van der Waals surface area (Å²) >= 11 is 0. The minimum Gasteiger partial charge on any atom is -0.369 e. The Morgan fingerprint density at radius 1 is 1.33 bits per heavy atom. The molecule has 0 saturated carbocycles. The van der Waals surface area contributed by atoms with Crippen LogP contribution in [0.2, 0.25) is 0 Å². The second-order valence-corrected chi connectivity index (χ2v) is 4.92. The first kappa shape index (κ1) is 15.3. The van der Waals surface area contributed by atoms with Gasteiger partial charge in [0.05, 0.1) is 11.5 Å². The summed E-state index contributed by atoms with van der Waals surface area (Å²) in [6, 6.07) is 1.86. The molecule has 1 aliphatic heterocycles. The van der Waals surface area contributed by atoms with E-state index in [0.29, 0.717) is 19.4 Å². The lowest BCUT2D eigenvalue weighted by Gasteiger charge is -2.31. The molecule has 1 fully saturated rings. The molecule has 2 N–H and O–H groups in total. The van der Waals surface area contributed by atoms with Gasteiger partial charge in [-0.2, -0.15) is 13.2 Å². The van der Waals surface area contributed by atoms with Crippen LogP contribution in [-0.4, -0.2) is 34.8 Å². The maximum absolute atomic E-state index is 12.4. The van der Waals surface area contributed by atoms with Crippen LogP contribution in [0.15, 0.2) is 18.3 Å². The fourth-order valence-corrected chi connectivity index (χ4v) is 2.26. The lowest BCUT2D eigenvalue weighted by molar-refractivity contribution is -0.141. The van der Waals surface area contributed by atoms with E-state index in [1.54, 1.807) is 0 Å². The van der Waals surface area contributed by atoms with E-state index in [4.69, 9.17) is 5.73 Å².